The summed E-state index contributed by atoms with van der Waals surface area (Å²) in [6.45, 7) is 5.34. The van der Waals surface area contributed by atoms with Gasteiger partial charge in [0, 0.05) is 12.6 Å². The molecule has 0 bridgehead atoms. The van der Waals surface area contributed by atoms with E-state index in [9.17, 15) is 8.42 Å². The van der Waals surface area contributed by atoms with Gasteiger partial charge in [0.15, 0.2) is 0 Å². The molecule has 0 aromatic heterocycles. The monoisotopic (exact) mass is 256 g/mol. The summed E-state index contributed by atoms with van der Waals surface area (Å²) in [5, 5.41) is 3.16. The Morgan fingerprint density at radius 1 is 1.40 bits per heavy atom. The standard InChI is InChI=1S/C9H20N2O2S.ClH/c1-3-10-8(2)6-11-14(12,13)7-9-4-5-9;/h8-11H,3-7H2,1-2H3;1H/t8-;/m1./s1. The van der Waals surface area contributed by atoms with Crippen LogP contribution < -0.4 is 10.0 Å². The van der Waals surface area contributed by atoms with Crippen LogP contribution in [0.3, 0.4) is 0 Å². The number of sulfonamides is 1. The van der Waals surface area contributed by atoms with E-state index in [0.29, 0.717) is 18.2 Å². The predicted octanol–water partition coefficient (Wildman–Crippen LogP) is 0.736. The molecule has 1 aliphatic rings. The lowest BCUT2D eigenvalue weighted by Gasteiger charge is -2.13. The highest BCUT2D eigenvalue weighted by Crippen LogP contribution is 2.29. The SMILES string of the molecule is CCN[C@H](C)CNS(=O)(=O)CC1CC1.Cl. The fraction of sp³-hybridized carbons (Fsp3) is 1.00. The van der Waals surface area contributed by atoms with Crippen LogP contribution in [-0.4, -0.2) is 33.3 Å². The molecule has 6 heteroatoms. The quantitative estimate of drug-likeness (QED) is 0.706. The van der Waals surface area contributed by atoms with Crippen molar-refractivity contribution in [2.45, 2.75) is 32.7 Å². The van der Waals surface area contributed by atoms with Gasteiger partial charge in [0.05, 0.1) is 5.75 Å². The number of likely N-dealkylation sites (N-methyl/N-ethyl adjacent to an activating group) is 1. The minimum absolute atomic E-state index is 0. The van der Waals surface area contributed by atoms with Crippen molar-refractivity contribution in [1.29, 1.82) is 0 Å². The van der Waals surface area contributed by atoms with E-state index in [1.165, 1.54) is 0 Å². The summed E-state index contributed by atoms with van der Waals surface area (Å²) in [7, 11) is -3.02. The van der Waals surface area contributed by atoms with Gasteiger partial charge in [-0.3, -0.25) is 0 Å². The molecule has 0 aromatic rings. The second-order valence-electron chi connectivity index (χ2n) is 4.03. The van der Waals surface area contributed by atoms with Crippen LogP contribution in [0.15, 0.2) is 0 Å². The van der Waals surface area contributed by atoms with Crippen molar-refractivity contribution in [2.24, 2.45) is 5.92 Å². The maximum Gasteiger partial charge on any atom is 0.211 e. The maximum absolute atomic E-state index is 11.5. The third kappa shape index (κ3) is 7.11. The third-order valence-corrected chi connectivity index (χ3v) is 3.83. The molecule has 4 nitrogen and oxygen atoms in total. The van der Waals surface area contributed by atoms with E-state index in [-0.39, 0.29) is 18.4 Å². The van der Waals surface area contributed by atoms with Gasteiger partial charge in [-0.1, -0.05) is 6.92 Å². The van der Waals surface area contributed by atoms with Gasteiger partial charge in [0.2, 0.25) is 10.0 Å². The molecule has 0 aromatic carbocycles. The summed E-state index contributed by atoms with van der Waals surface area (Å²) in [5.41, 5.74) is 0. The number of rotatable bonds is 7. The van der Waals surface area contributed by atoms with Gasteiger partial charge in [0.1, 0.15) is 0 Å². The Bertz CT molecular complexity index is 265. The van der Waals surface area contributed by atoms with Crippen molar-refractivity contribution in [3.8, 4) is 0 Å². The molecule has 1 rings (SSSR count). The summed E-state index contributed by atoms with van der Waals surface area (Å²) in [4.78, 5) is 0. The molecule has 0 heterocycles. The summed E-state index contributed by atoms with van der Waals surface area (Å²) in [6, 6.07) is 0.203. The fourth-order valence-electron chi connectivity index (χ4n) is 1.33. The van der Waals surface area contributed by atoms with Gasteiger partial charge in [-0.15, -0.1) is 12.4 Å². The van der Waals surface area contributed by atoms with Crippen LogP contribution in [0.5, 0.6) is 0 Å². The van der Waals surface area contributed by atoms with Crippen molar-refractivity contribution in [3.63, 3.8) is 0 Å². The van der Waals surface area contributed by atoms with Gasteiger partial charge in [-0.05, 0) is 32.2 Å². The van der Waals surface area contributed by atoms with Gasteiger partial charge in [-0.2, -0.15) is 0 Å². The number of nitrogens with one attached hydrogen (secondary N) is 2. The Hall–Kier alpha value is 0.160. The molecule has 0 radical (unpaired) electrons. The van der Waals surface area contributed by atoms with Gasteiger partial charge in [-0.25, -0.2) is 13.1 Å². The van der Waals surface area contributed by atoms with Gasteiger partial charge in [0.25, 0.3) is 0 Å². The second kappa shape index (κ2) is 6.68. The molecule has 0 spiro atoms. The van der Waals surface area contributed by atoms with E-state index in [1.54, 1.807) is 0 Å². The molecule has 1 atom stereocenters. The second-order valence-corrected chi connectivity index (χ2v) is 5.88. The molecule has 0 saturated heterocycles. The topological polar surface area (TPSA) is 58.2 Å². The first-order valence-corrected chi connectivity index (χ1v) is 6.89. The normalized spacial score (nSPS) is 18.3. The maximum atomic E-state index is 11.5. The van der Waals surface area contributed by atoms with Crippen LogP contribution >= 0.6 is 12.4 Å². The van der Waals surface area contributed by atoms with E-state index in [4.69, 9.17) is 0 Å². The zero-order chi connectivity index (χ0) is 10.6. The Morgan fingerprint density at radius 2 is 2.00 bits per heavy atom. The molecule has 1 saturated carbocycles. The molecule has 1 fully saturated rings. The highest BCUT2D eigenvalue weighted by atomic mass is 35.5. The van der Waals surface area contributed by atoms with E-state index in [2.05, 4.69) is 10.0 Å². The van der Waals surface area contributed by atoms with Crippen molar-refractivity contribution < 1.29 is 8.42 Å². The van der Waals surface area contributed by atoms with Crippen LogP contribution in [0, 0.1) is 5.92 Å². The summed E-state index contributed by atoms with van der Waals surface area (Å²) >= 11 is 0. The van der Waals surface area contributed by atoms with Gasteiger partial charge < -0.3 is 5.32 Å². The van der Waals surface area contributed by atoms with Crippen LogP contribution in [0.4, 0.5) is 0 Å². The largest absolute Gasteiger partial charge is 0.313 e. The van der Waals surface area contributed by atoms with E-state index in [0.717, 1.165) is 19.4 Å². The molecule has 0 aliphatic heterocycles. The zero-order valence-electron chi connectivity index (χ0n) is 9.32. The number of hydrogen-bond donors (Lipinski definition) is 2. The van der Waals surface area contributed by atoms with Crippen LogP contribution in [0.2, 0.25) is 0 Å². The molecule has 0 unspecified atom stereocenters. The van der Waals surface area contributed by atoms with Crippen molar-refractivity contribution in [2.75, 3.05) is 18.8 Å². The lowest BCUT2D eigenvalue weighted by molar-refractivity contribution is 0.534. The van der Waals surface area contributed by atoms with E-state index in [1.807, 2.05) is 13.8 Å². The Morgan fingerprint density at radius 3 is 2.47 bits per heavy atom. The first kappa shape index (κ1) is 15.2. The molecule has 2 N–H and O–H groups in total. The Kier molecular flexibility index (Phi) is 6.75. The zero-order valence-corrected chi connectivity index (χ0v) is 11.0. The molecular formula is C9H21ClN2O2S. The smallest absolute Gasteiger partial charge is 0.211 e. The van der Waals surface area contributed by atoms with Crippen molar-refractivity contribution in [1.82, 2.24) is 10.0 Å². The molecule has 0 amide bonds. The highest BCUT2D eigenvalue weighted by molar-refractivity contribution is 7.89. The highest BCUT2D eigenvalue weighted by Gasteiger charge is 2.27. The average molecular weight is 257 g/mol. The van der Waals surface area contributed by atoms with Gasteiger partial charge >= 0.3 is 0 Å². The van der Waals surface area contributed by atoms with Crippen LogP contribution in [0.25, 0.3) is 0 Å². The molecule has 1 aliphatic carbocycles. The Balaban J connectivity index is 0.00000196. The minimum atomic E-state index is -3.02. The number of halogens is 1. The third-order valence-electron chi connectivity index (χ3n) is 2.31. The molecule has 92 valence electrons. The Labute approximate surface area is 98.7 Å². The van der Waals surface area contributed by atoms with Crippen LogP contribution in [-0.2, 0) is 10.0 Å². The van der Waals surface area contributed by atoms with Crippen molar-refractivity contribution >= 4 is 22.4 Å². The fourth-order valence-corrected chi connectivity index (χ4v) is 2.90. The van der Waals surface area contributed by atoms with E-state index < -0.39 is 10.0 Å². The van der Waals surface area contributed by atoms with E-state index >= 15 is 0 Å². The summed E-state index contributed by atoms with van der Waals surface area (Å²) in [5.74, 6) is 0.730. The lowest BCUT2D eigenvalue weighted by atomic mass is 10.3. The first-order chi connectivity index (χ1) is 6.53. The number of hydrogen-bond acceptors (Lipinski definition) is 3. The molecular weight excluding hydrogens is 236 g/mol. The summed E-state index contributed by atoms with van der Waals surface area (Å²) < 4.78 is 25.5. The minimum Gasteiger partial charge on any atom is -0.313 e. The average Bonchev–Trinajstić information content (AvgIpc) is 2.85. The lowest BCUT2D eigenvalue weighted by Crippen LogP contribution is -2.39. The van der Waals surface area contributed by atoms with Crippen LogP contribution in [0.1, 0.15) is 26.7 Å². The van der Waals surface area contributed by atoms with Crippen molar-refractivity contribution in [3.05, 3.63) is 0 Å². The first-order valence-electron chi connectivity index (χ1n) is 5.24. The predicted molar refractivity (Wildman–Crippen MR) is 64.9 cm³/mol. The summed E-state index contributed by atoms with van der Waals surface area (Å²) in [6.07, 6.45) is 2.15. The molecule has 15 heavy (non-hydrogen) atoms.